The maximum absolute atomic E-state index is 10.7. The fraction of sp³-hybridized carbons (Fsp3) is 0.462. The predicted molar refractivity (Wildman–Crippen MR) is 61.6 cm³/mol. The molecular formula is C13H16O3. The topological polar surface area (TPSA) is 57.5 Å². The zero-order valence-electron chi connectivity index (χ0n) is 9.47. The molecule has 0 heterocycles. The minimum Gasteiger partial charge on any atom is -0.481 e. The van der Waals surface area contributed by atoms with Gasteiger partial charge in [0.05, 0.1) is 18.4 Å². The number of carboxylic acids is 1. The van der Waals surface area contributed by atoms with Gasteiger partial charge in [0.25, 0.3) is 0 Å². The Kier molecular flexibility index (Phi) is 4.33. The van der Waals surface area contributed by atoms with Crippen molar-refractivity contribution in [1.82, 2.24) is 0 Å². The standard InChI is InChI=1S/C13H16O3/c1-3-4-10(8-13(15)16)11-5-6-12(14)9(2)7-11/h5-7,9-10,12,14H,8H2,1-2H3,(H,15,16)/t9?,10-,12?/m0/s1. The van der Waals surface area contributed by atoms with Gasteiger partial charge in [-0.1, -0.05) is 31.1 Å². The third-order valence-electron chi connectivity index (χ3n) is 2.58. The first-order valence-electron chi connectivity index (χ1n) is 5.26. The van der Waals surface area contributed by atoms with Gasteiger partial charge in [-0.05, 0) is 12.5 Å². The third-order valence-corrected chi connectivity index (χ3v) is 2.58. The van der Waals surface area contributed by atoms with Gasteiger partial charge in [0.15, 0.2) is 0 Å². The molecule has 0 fully saturated rings. The van der Waals surface area contributed by atoms with Crippen molar-refractivity contribution in [3.8, 4) is 11.8 Å². The third kappa shape index (κ3) is 3.25. The zero-order chi connectivity index (χ0) is 12.1. The van der Waals surface area contributed by atoms with Crippen LogP contribution in [0, 0.1) is 23.7 Å². The Morgan fingerprint density at radius 1 is 1.62 bits per heavy atom. The maximum Gasteiger partial charge on any atom is 0.304 e. The van der Waals surface area contributed by atoms with E-state index in [-0.39, 0.29) is 18.3 Å². The highest BCUT2D eigenvalue weighted by atomic mass is 16.4. The Morgan fingerprint density at radius 3 is 2.81 bits per heavy atom. The summed E-state index contributed by atoms with van der Waals surface area (Å²) in [5, 5.41) is 18.3. The molecule has 1 aliphatic rings. The van der Waals surface area contributed by atoms with Gasteiger partial charge >= 0.3 is 5.97 Å². The molecule has 0 aliphatic heterocycles. The minimum atomic E-state index is -0.860. The molecule has 16 heavy (non-hydrogen) atoms. The number of rotatable bonds is 3. The quantitative estimate of drug-likeness (QED) is 0.710. The highest BCUT2D eigenvalue weighted by molar-refractivity contribution is 5.68. The average Bonchev–Trinajstić information content (AvgIpc) is 2.21. The SMILES string of the molecule is CC#C[C@@H](CC(=O)O)C1=CC(C)C(O)C=C1. The van der Waals surface area contributed by atoms with Crippen molar-refractivity contribution in [3.05, 3.63) is 23.8 Å². The summed E-state index contributed by atoms with van der Waals surface area (Å²) < 4.78 is 0. The lowest BCUT2D eigenvalue weighted by Gasteiger charge is -2.20. The summed E-state index contributed by atoms with van der Waals surface area (Å²) in [6, 6.07) is 0. The normalized spacial score (nSPS) is 25.3. The molecule has 0 spiro atoms. The molecule has 3 atom stereocenters. The van der Waals surface area contributed by atoms with Gasteiger partial charge in [0.1, 0.15) is 0 Å². The first kappa shape index (κ1) is 12.5. The smallest absolute Gasteiger partial charge is 0.304 e. The number of hydrogen-bond donors (Lipinski definition) is 2. The van der Waals surface area contributed by atoms with Crippen LogP contribution >= 0.6 is 0 Å². The Balaban J connectivity index is 2.86. The monoisotopic (exact) mass is 220 g/mol. The largest absolute Gasteiger partial charge is 0.481 e. The first-order chi connectivity index (χ1) is 7.54. The van der Waals surface area contributed by atoms with Gasteiger partial charge in [0, 0.05) is 5.92 Å². The number of hydrogen-bond acceptors (Lipinski definition) is 2. The van der Waals surface area contributed by atoms with Gasteiger partial charge in [-0.3, -0.25) is 4.79 Å². The van der Waals surface area contributed by atoms with E-state index in [2.05, 4.69) is 11.8 Å². The lowest BCUT2D eigenvalue weighted by atomic mass is 9.87. The fourth-order valence-corrected chi connectivity index (χ4v) is 1.68. The van der Waals surface area contributed by atoms with Crippen LogP contribution in [-0.4, -0.2) is 22.3 Å². The molecule has 2 N–H and O–H groups in total. The van der Waals surface area contributed by atoms with E-state index in [9.17, 15) is 9.90 Å². The van der Waals surface area contributed by atoms with Crippen molar-refractivity contribution in [2.75, 3.05) is 0 Å². The molecule has 0 aromatic carbocycles. The Hall–Kier alpha value is -1.53. The van der Waals surface area contributed by atoms with Crippen molar-refractivity contribution in [1.29, 1.82) is 0 Å². The summed E-state index contributed by atoms with van der Waals surface area (Å²) in [6.07, 6.45) is 4.86. The van der Waals surface area contributed by atoms with E-state index in [0.29, 0.717) is 0 Å². The van der Waals surface area contributed by atoms with Crippen LogP contribution in [0.4, 0.5) is 0 Å². The van der Waals surface area contributed by atoms with Crippen molar-refractivity contribution in [2.24, 2.45) is 11.8 Å². The van der Waals surface area contributed by atoms with Gasteiger partial charge in [-0.25, -0.2) is 0 Å². The van der Waals surface area contributed by atoms with Crippen LogP contribution < -0.4 is 0 Å². The van der Waals surface area contributed by atoms with Gasteiger partial charge in [-0.15, -0.1) is 5.92 Å². The van der Waals surface area contributed by atoms with Gasteiger partial charge in [-0.2, -0.15) is 0 Å². The highest BCUT2D eigenvalue weighted by Gasteiger charge is 2.20. The molecule has 0 saturated heterocycles. The van der Waals surface area contributed by atoms with E-state index in [1.165, 1.54) is 0 Å². The molecule has 2 unspecified atom stereocenters. The first-order valence-corrected chi connectivity index (χ1v) is 5.26. The minimum absolute atomic E-state index is 0.000170. The summed E-state index contributed by atoms with van der Waals surface area (Å²) in [5.41, 5.74) is 0.884. The molecule has 1 rings (SSSR count). The van der Waals surface area contributed by atoms with Gasteiger partial charge in [0.2, 0.25) is 0 Å². The summed E-state index contributed by atoms with van der Waals surface area (Å²) in [4.78, 5) is 10.7. The lowest BCUT2D eigenvalue weighted by Crippen LogP contribution is -2.19. The summed E-state index contributed by atoms with van der Waals surface area (Å²) in [6.45, 7) is 3.59. The van der Waals surface area contributed by atoms with Crippen LogP contribution in [0.15, 0.2) is 23.8 Å². The van der Waals surface area contributed by atoms with E-state index in [4.69, 9.17) is 5.11 Å². The highest BCUT2D eigenvalue weighted by Crippen LogP contribution is 2.24. The van der Waals surface area contributed by atoms with Crippen LogP contribution in [0.5, 0.6) is 0 Å². The number of aliphatic carboxylic acids is 1. The molecule has 3 nitrogen and oxygen atoms in total. The van der Waals surface area contributed by atoms with Crippen molar-refractivity contribution < 1.29 is 15.0 Å². The Labute approximate surface area is 95.5 Å². The van der Waals surface area contributed by atoms with Crippen LogP contribution in [0.2, 0.25) is 0 Å². The van der Waals surface area contributed by atoms with Crippen molar-refractivity contribution >= 4 is 5.97 Å². The average molecular weight is 220 g/mol. The van der Waals surface area contributed by atoms with E-state index in [0.717, 1.165) is 5.57 Å². The second-order valence-corrected chi connectivity index (χ2v) is 3.92. The van der Waals surface area contributed by atoms with E-state index >= 15 is 0 Å². The second kappa shape index (κ2) is 5.53. The number of carbonyl (C=O) groups is 1. The Bertz CT molecular complexity index is 382. The van der Waals surface area contributed by atoms with Crippen LogP contribution in [0.1, 0.15) is 20.3 Å². The number of aliphatic hydroxyl groups excluding tert-OH is 1. The summed E-state index contributed by atoms with van der Waals surface area (Å²) >= 11 is 0. The van der Waals surface area contributed by atoms with E-state index in [1.54, 1.807) is 19.1 Å². The second-order valence-electron chi connectivity index (χ2n) is 3.92. The van der Waals surface area contributed by atoms with Crippen LogP contribution in [-0.2, 0) is 4.79 Å². The maximum atomic E-state index is 10.7. The Morgan fingerprint density at radius 2 is 2.31 bits per heavy atom. The van der Waals surface area contributed by atoms with E-state index < -0.39 is 12.1 Å². The molecule has 0 aromatic heterocycles. The van der Waals surface area contributed by atoms with Crippen molar-refractivity contribution in [2.45, 2.75) is 26.4 Å². The molecule has 0 aromatic rings. The number of aliphatic hydroxyl groups is 1. The molecule has 86 valence electrons. The number of allylic oxidation sites excluding steroid dienone is 2. The predicted octanol–water partition coefficient (Wildman–Crippen LogP) is 1.59. The molecule has 0 radical (unpaired) electrons. The number of carboxylic acid groups (broad SMARTS) is 1. The molecule has 0 amide bonds. The fourth-order valence-electron chi connectivity index (χ4n) is 1.68. The zero-order valence-corrected chi connectivity index (χ0v) is 9.47. The summed E-state index contributed by atoms with van der Waals surface area (Å²) in [5.74, 6) is 4.50. The molecule has 0 bridgehead atoms. The van der Waals surface area contributed by atoms with Crippen molar-refractivity contribution in [3.63, 3.8) is 0 Å². The molecular weight excluding hydrogens is 204 g/mol. The van der Waals surface area contributed by atoms with E-state index in [1.807, 2.05) is 13.0 Å². The van der Waals surface area contributed by atoms with Crippen LogP contribution in [0.25, 0.3) is 0 Å². The summed E-state index contributed by atoms with van der Waals surface area (Å²) in [7, 11) is 0. The van der Waals surface area contributed by atoms with Gasteiger partial charge < -0.3 is 10.2 Å². The van der Waals surface area contributed by atoms with Crippen LogP contribution in [0.3, 0.4) is 0 Å². The molecule has 3 heteroatoms. The molecule has 0 saturated carbocycles. The molecule has 1 aliphatic carbocycles. The lowest BCUT2D eigenvalue weighted by molar-refractivity contribution is -0.137.